The molecule has 4 atom stereocenters. The van der Waals surface area contributed by atoms with Gasteiger partial charge in [-0.05, 0) is 68.5 Å². The molecule has 2 aromatic heterocycles. The Hall–Kier alpha value is -3.57. The van der Waals surface area contributed by atoms with E-state index in [0.29, 0.717) is 18.4 Å². The van der Waals surface area contributed by atoms with Crippen molar-refractivity contribution < 1.29 is 19.1 Å². The van der Waals surface area contributed by atoms with E-state index in [4.69, 9.17) is 15.5 Å². The lowest BCUT2D eigenvalue weighted by Gasteiger charge is -2.38. The fraction of sp³-hybridized carbons (Fsp3) is 0.483. The van der Waals surface area contributed by atoms with Gasteiger partial charge in [-0.25, -0.2) is 9.97 Å². The maximum Gasteiger partial charge on any atom is 0.313 e. The van der Waals surface area contributed by atoms with Crippen molar-refractivity contribution in [3.05, 3.63) is 46.6 Å². The Morgan fingerprint density at radius 1 is 1.12 bits per heavy atom. The molecule has 2 aliphatic heterocycles. The van der Waals surface area contributed by atoms with E-state index in [9.17, 15) is 14.4 Å². The molecule has 5 rings (SSSR count). The first-order chi connectivity index (χ1) is 19.1. The van der Waals surface area contributed by atoms with Crippen LogP contribution in [0.25, 0.3) is 10.2 Å². The second-order valence-corrected chi connectivity index (χ2v) is 12.2. The first kappa shape index (κ1) is 28.0. The van der Waals surface area contributed by atoms with Crippen LogP contribution in [0.1, 0.15) is 66.0 Å². The Labute approximate surface area is 237 Å². The van der Waals surface area contributed by atoms with E-state index < -0.39 is 17.7 Å². The van der Waals surface area contributed by atoms with Crippen molar-refractivity contribution >= 4 is 45.0 Å². The van der Waals surface area contributed by atoms with Gasteiger partial charge in [-0.3, -0.25) is 14.4 Å². The number of anilines is 1. The molecule has 0 saturated carbocycles. The zero-order chi connectivity index (χ0) is 28.6. The number of primary amides is 1. The summed E-state index contributed by atoms with van der Waals surface area (Å²) in [6.45, 7) is 7.00. The predicted molar refractivity (Wildman–Crippen MR) is 154 cm³/mol. The first-order valence-corrected chi connectivity index (χ1v) is 14.5. The summed E-state index contributed by atoms with van der Waals surface area (Å²) in [7, 11) is 3.54. The number of methoxy groups -OCH3 is 1. The SMILES string of the molecule is COc1ncc(NC(=O)C(=O)N2C[C@@H](C)CC[C@@H]2c2ccc3sc(C4CCN(C)CC4C)nc3c2)cc1C(N)=O. The number of piperidine rings is 2. The van der Waals surface area contributed by atoms with Gasteiger partial charge < -0.3 is 25.6 Å². The van der Waals surface area contributed by atoms with Crippen molar-refractivity contribution in [1.82, 2.24) is 19.8 Å². The second-order valence-electron chi connectivity index (χ2n) is 11.2. The number of rotatable bonds is 5. The topological polar surface area (TPSA) is 131 Å². The van der Waals surface area contributed by atoms with Crippen LogP contribution in [0.5, 0.6) is 5.88 Å². The van der Waals surface area contributed by atoms with Gasteiger partial charge in [0.25, 0.3) is 5.91 Å². The van der Waals surface area contributed by atoms with Gasteiger partial charge in [-0.2, -0.15) is 0 Å². The van der Waals surface area contributed by atoms with Crippen LogP contribution in [-0.4, -0.2) is 71.3 Å². The van der Waals surface area contributed by atoms with Crippen molar-refractivity contribution in [2.24, 2.45) is 17.6 Å². The van der Waals surface area contributed by atoms with Gasteiger partial charge in [-0.15, -0.1) is 11.3 Å². The number of thiazole rings is 1. The van der Waals surface area contributed by atoms with Crippen molar-refractivity contribution in [2.45, 2.75) is 45.1 Å². The molecule has 40 heavy (non-hydrogen) atoms. The van der Waals surface area contributed by atoms with Crippen LogP contribution in [0.4, 0.5) is 5.69 Å². The second kappa shape index (κ2) is 11.5. The minimum atomic E-state index is -0.797. The minimum absolute atomic E-state index is 0.0165. The van der Waals surface area contributed by atoms with Crippen LogP contribution in [0.3, 0.4) is 0 Å². The normalized spacial score (nSPS) is 23.6. The van der Waals surface area contributed by atoms with Crippen molar-refractivity contribution in [1.29, 1.82) is 0 Å². The molecular weight excluding hydrogens is 528 g/mol. The number of carbonyl (C=O) groups is 3. The number of benzene rings is 1. The molecule has 10 nitrogen and oxygen atoms in total. The Morgan fingerprint density at radius 3 is 2.65 bits per heavy atom. The maximum atomic E-state index is 13.5. The molecule has 4 heterocycles. The summed E-state index contributed by atoms with van der Waals surface area (Å²) in [6, 6.07) is 7.37. The molecule has 1 aromatic carbocycles. The molecule has 0 spiro atoms. The molecule has 2 unspecified atom stereocenters. The molecule has 2 aliphatic rings. The van der Waals surface area contributed by atoms with Crippen molar-refractivity contribution in [2.75, 3.05) is 39.1 Å². The highest BCUT2D eigenvalue weighted by atomic mass is 32.1. The fourth-order valence-corrected chi connectivity index (χ4v) is 7.16. The molecule has 3 amide bonds. The van der Waals surface area contributed by atoms with Gasteiger partial charge >= 0.3 is 11.8 Å². The summed E-state index contributed by atoms with van der Waals surface area (Å²) in [5, 5.41) is 3.76. The van der Waals surface area contributed by atoms with E-state index >= 15 is 0 Å². The van der Waals surface area contributed by atoms with Gasteiger partial charge in [0.2, 0.25) is 5.88 Å². The van der Waals surface area contributed by atoms with Gasteiger partial charge in [0, 0.05) is 19.0 Å². The Kier molecular flexibility index (Phi) is 8.04. The molecule has 212 valence electrons. The van der Waals surface area contributed by atoms with Gasteiger partial charge in [0.05, 0.1) is 40.3 Å². The third kappa shape index (κ3) is 5.66. The molecule has 0 aliphatic carbocycles. The number of nitrogens with one attached hydrogen (secondary N) is 1. The zero-order valence-corrected chi connectivity index (χ0v) is 24.2. The van der Waals surface area contributed by atoms with Crippen molar-refractivity contribution in [3.63, 3.8) is 0 Å². The summed E-state index contributed by atoms with van der Waals surface area (Å²) in [5.41, 5.74) is 7.54. The summed E-state index contributed by atoms with van der Waals surface area (Å²) in [4.78, 5) is 51.4. The van der Waals surface area contributed by atoms with E-state index in [0.717, 1.165) is 48.1 Å². The number of nitrogens with zero attached hydrogens (tertiary/aromatic N) is 4. The number of likely N-dealkylation sites (tertiary alicyclic amines) is 2. The Bertz CT molecular complexity index is 1440. The number of hydrogen-bond donors (Lipinski definition) is 2. The van der Waals surface area contributed by atoms with Crippen LogP contribution >= 0.6 is 11.3 Å². The number of carbonyl (C=O) groups excluding carboxylic acids is 3. The zero-order valence-electron chi connectivity index (χ0n) is 23.3. The third-order valence-electron chi connectivity index (χ3n) is 8.08. The van der Waals surface area contributed by atoms with Crippen molar-refractivity contribution in [3.8, 4) is 5.88 Å². The smallest absolute Gasteiger partial charge is 0.313 e. The van der Waals surface area contributed by atoms with Gasteiger partial charge in [-0.1, -0.05) is 19.9 Å². The number of ether oxygens (including phenoxy) is 1. The van der Waals surface area contributed by atoms with E-state index in [1.165, 1.54) is 24.4 Å². The van der Waals surface area contributed by atoms with E-state index in [-0.39, 0.29) is 29.1 Å². The average Bonchev–Trinajstić information content (AvgIpc) is 3.35. The minimum Gasteiger partial charge on any atom is -0.480 e. The maximum absolute atomic E-state index is 13.5. The number of nitrogens with two attached hydrogens (primary N) is 1. The lowest BCUT2D eigenvalue weighted by Crippen LogP contribution is -2.46. The number of fused-ring (bicyclic) bond motifs is 1. The van der Waals surface area contributed by atoms with Crippen LogP contribution in [0.2, 0.25) is 0 Å². The number of hydrogen-bond acceptors (Lipinski definition) is 8. The molecule has 3 aromatic rings. The summed E-state index contributed by atoms with van der Waals surface area (Å²) in [6.07, 6.45) is 4.14. The molecule has 2 saturated heterocycles. The molecule has 11 heteroatoms. The van der Waals surface area contributed by atoms with Crippen LogP contribution in [-0.2, 0) is 9.59 Å². The number of aromatic nitrogens is 2. The van der Waals surface area contributed by atoms with Gasteiger partial charge in [0.15, 0.2) is 0 Å². The highest BCUT2D eigenvalue weighted by molar-refractivity contribution is 7.18. The molecule has 0 bridgehead atoms. The first-order valence-electron chi connectivity index (χ1n) is 13.7. The molecule has 2 fully saturated rings. The highest BCUT2D eigenvalue weighted by Crippen LogP contribution is 2.39. The van der Waals surface area contributed by atoms with Crippen LogP contribution in [0.15, 0.2) is 30.5 Å². The fourth-order valence-electron chi connectivity index (χ4n) is 5.95. The third-order valence-corrected chi connectivity index (χ3v) is 9.25. The summed E-state index contributed by atoms with van der Waals surface area (Å²) < 4.78 is 6.19. The quantitative estimate of drug-likeness (QED) is 0.451. The standard InChI is InChI=1S/C29H36N6O4S/c1-16-5-7-23(18-6-8-24-22(11-18)33-28(40-24)20-9-10-34(3)15-17(20)2)35(14-16)29(38)26(37)32-19-12-21(25(30)36)27(39-4)31-13-19/h6,8,11-13,16-17,20,23H,5,7,9-10,14-15H2,1-4H3,(H2,30,36)(H,32,37)/t16-,17?,20?,23+/m0/s1. The van der Waals surface area contributed by atoms with E-state index in [1.54, 1.807) is 16.2 Å². The number of amides is 3. The van der Waals surface area contributed by atoms with Crippen LogP contribution < -0.4 is 15.8 Å². The average molecular weight is 565 g/mol. The molecule has 3 N–H and O–H groups in total. The van der Waals surface area contributed by atoms with Gasteiger partial charge in [0.1, 0.15) is 5.56 Å². The predicted octanol–water partition coefficient (Wildman–Crippen LogP) is 3.79. The van der Waals surface area contributed by atoms with Crippen LogP contribution in [0, 0.1) is 11.8 Å². The lowest BCUT2D eigenvalue weighted by molar-refractivity contribution is -0.146. The number of pyridine rings is 1. The summed E-state index contributed by atoms with van der Waals surface area (Å²) >= 11 is 1.76. The molecular formula is C29H36N6O4S. The van der Waals surface area contributed by atoms with E-state index in [1.807, 2.05) is 0 Å². The Morgan fingerprint density at radius 2 is 1.93 bits per heavy atom. The summed E-state index contributed by atoms with van der Waals surface area (Å²) in [5.74, 6) is -0.864. The largest absolute Gasteiger partial charge is 0.480 e. The van der Waals surface area contributed by atoms with E-state index in [2.05, 4.69) is 54.3 Å². The highest BCUT2D eigenvalue weighted by Gasteiger charge is 2.35. The Balaban J connectivity index is 1.37. The molecule has 0 radical (unpaired) electrons. The monoisotopic (exact) mass is 564 g/mol. The lowest BCUT2D eigenvalue weighted by atomic mass is 9.87.